The number of carbonyl (C=O) groups is 1. The van der Waals surface area contributed by atoms with Crippen LogP contribution in [0.15, 0.2) is 29.3 Å². The highest BCUT2D eigenvalue weighted by Crippen LogP contribution is 2.41. The van der Waals surface area contributed by atoms with E-state index in [-0.39, 0.29) is 5.91 Å². The number of rotatable bonds is 4. The van der Waals surface area contributed by atoms with Gasteiger partial charge in [-0.05, 0) is 43.9 Å². The van der Waals surface area contributed by atoms with Gasteiger partial charge >= 0.3 is 0 Å². The standard InChI is InChI=1S/C18H24N2O/c1-3-4-10-16-19-18(11-5-6-12-18)17(21)20(16)15-9-7-8-14(2)13-15/h7-9,13H,3-6,10-12H2,1-2H3. The van der Waals surface area contributed by atoms with Gasteiger partial charge in [0.25, 0.3) is 5.91 Å². The SMILES string of the molecule is CCCCC1=NC2(CCCC2)C(=O)N1c1cccc(C)c1. The van der Waals surface area contributed by atoms with Crippen molar-refractivity contribution in [2.75, 3.05) is 4.90 Å². The van der Waals surface area contributed by atoms with Crippen LogP contribution in [-0.2, 0) is 4.79 Å². The number of unbranched alkanes of at least 4 members (excludes halogenated alkanes) is 1. The van der Waals surface area contributed by atoms with E-state index in [1.165, 1.54) is 5.56 Å². The first-order chi connectivity index (χ1) is 10.2. The van der Waals surface area contributed by atoms with Crippen LogP contribution in [0.4, 0.5) is 5.69 Å². The molecule has 0 unspecified atom stereocenters. The highest BCUT2D eigenvalue weighted by molar-refractivity contribution is 6.24. The molecule has 1 heterocycles. The second-order valence-corrected chi connectivity index (χ2v) is 6.35. The molecule has 1 aromatic carbocycles. The van der Waals surface area contributed by atoms with E-state index in [1.807, 2.05) is 17.0 Å². The molecule has 0 aromatic heterocycles. The van der Waals surface area contributed by atoms with E-state index in [9.17, 15) is 4.79 Å². The van der Waals surface area contributed by atoms with Gasteiger partial charge in [-0.3, -0.25) is 14.7 Å². The smallest absolute Gasteiger partial charge is 0.260 e. The first-order valence-corrected chi connectivity index (χ1v) is 8.16. The molecule has 1 fully saturated rings. The third-order valence-corrected chi connectivity index (χ3v) is 4.65. The van der Waals surface area contributed by atoms with Crippen LogP contribution in [-0.4, -0.2) is 17.3 Å². The molecule has 0 atom stereocenters. The molecule has 21 heavy (non-hydrogen) atoms. The average molecular weight is 284 g/mol. The lowest BCUT2D eigenvalue weighted by molar-refractivity contribution is -0.121. The Bertz CT molecular complexity index is 570. The predicted molar refractivity (Wildman–Crippen MR) is 86.8 cm³/mol. The molecule has 3 rings (SSSR count). The number of hydrogen-bond donors (Lipinski definition) is 0. The number of anilines is 1. The van der Waals surface area contributed by atoms with Gasteiger partial charge in [0.1, 0.15) is 11.4 Å². The summed E-state index contributed by atoms with van der Waals surface area (Å²) in [5, 5.41) is 0. The largest absolute Gasteiger partial charge is 0.271 e. The van der Waals surface area contributed by atoms with Crippen LogP contribution in [0.25, 0.3) is 0 Å². The van der Waals surface area contributed by atoms with Gasteiger partial charge in [-0.25, -0.2) is 0 Å². The number of aliphatic imine (C=N–C) groups is 1. The number of amidine groups is 1. The lowest BCUT2D eigenvalue weighted by Gasteiger charge is -2.23. The van der Waals surface area contributed by atoms with Crippen molar-refractivity contribution < 1.29 is 4.79 Å². The van der Waals surface area contributed by atoms with Crippen LogP contribution >= 0.6 is 0 Å². The van der Waals surface area contributed by atoms with Crippen molar-refractivity contribution >= 4 is 17.4 Å². The van der Waals surface area contributed by atoms with Crippen molar-refractivity contribution in [1.29, 1.82) is 0 Å². The Kier molecular flexibility index (Phi) is 3.83. The van der Waals surface area contributed by atoms with E-state index in [1.54, 1.807) is 0 Å². The molecule has 0 radical (unpaired) electrons. The fourth-order valence-electron chi connectivity index (χ4n) is 3.49. The zero-order chi connectivity index (χ0) is 14.9. The van der Waals surface area contributed by atoms with Gasteiger partial charge in [0.05, 0.1) is 5.69 Å². The highest BCUT2D eigenvalue weighted by atomic mass is 16.2. The molecular weight excluding hydrogens is 260 g/mol. The Morgan fingerprint density at radius 2 is 2.05 bits per heavy atom. The van der Waals surface area contributed by atoms with Gasteiger partial charge in [0, 0.05) is 6.42 Å². The topological polar surface area (TPSA) is 32.7 Å². The Morgan fingerprint density at radius 3 is 2.71 bits per heavy atom. The molecule has 2 aliphatic rings. The molecule has 0 saturated heterocycles. The summed E-state index contributed by atoms with van der Waals surface area (Å²) < 4.78 is 0. The monoisotopic (exact) mass is 284 g/mol. The molecular formula is C18H24N2O. The van der Waals surface area contributed by atoms with Crippen LogP contribution in [0.1, 0.15) is 57.4 Å². The average Bonchev–Trinajstić information content (AvgIpc) is 3.04. The quantitative estimate of drug-likeness (QED) is 0.813. The molecule has 1 aliphatic heterocycles. The summed E-state index contributed by atoms with van der Waals surface area (Å²) >= 11 is 0. The van der Waals surface area contributed by atoms with Crippen molar-refractivity contribution in [3.8, 4) is 0 Å². The third-order valence-electron chi connectivity index (χ3n) is 4.65. The maximum Gasteiger partial charge on any atom is 0.260 e. The van der Waals surface area contributed by atoms with E-state index in [0.29, 0.717) is 0 Å². The summed E-state index contributed by atoms with van der Waals surface area (Å²) in [5.41, 5.74) is 1.73. The normalized spacial score (nSPS) is 20.4. The fraction of sp³-hybridized carbons (Fsp3) is 0.556. The van der Waals surface area contributed by atoms with Gasteiger partial charge in [-0.1, -0.05) is 38.3 Å². The van der Waals surface area contributed by atoms with Gasteiger partial charge in [-0.2, -0.15) is 0 Å². The molecule has 112 valence electrons. The maximum atomic E-state index is 13.0. The molecule has 1 aliphatic carbocycles. The predicted octanol–water partition coefficient (Wildman–Crippen LogP) is 4.24. The summed E-state index contributed by atoms with van der Waals surface area (Å²) in [5.74, 6) is 1.19. The van der Waals surface area contributed by atoms with Crippen LogP contribution in [0.5, 0.6) is 0 Å². The third kappa shape index (κ3) is 2.50. The van der Waals surface area contributed by atoms with Crippen molar-refractivity contribution in [3.63, 3.8) is 0 Å². The van der Waals surface area contributed by atoms with Crippen LogP contribution in [0.3, 0.4) is 0 Å². The molecule has 3 heteroatoms. The Balaban J connectivity index is 1.97. The minimum absolute atomic E-state index is 0.205. The van der Waals surface area contributed by atoms with E-state index in [2.05, 4.69) is 26.0 Å². The maximum absolute atomic E-state index is 13.0. The molecule has 0 bridgehead atoms. The molecule has 0 N–H and O–H groups in total. The van der Waals surface area contributed by atoms with Crippen molar-refractivity contribution in [1.82, 2.24) is 0 Å². The zero-order valence-electron chi connectivity index (χ0n) is 13.1. The lowest BCUT2D eigenvalue weighted by atomic mass is 9.98. The first-order valence-electron chi connectivity index (χ1n) is 8.16. The number of benzene rings is 1. The summed E-state index contributed by atoms with van der Waals surface area (Å²) in [6, 6.07) is 8.21. The summed E-state index contributed by atoms with van der Waals surface area (Å²) in [6.45, 7) is 4.25. The minimum atomic E-state index is -0.438. The summed E-state index contributed by atoms with van der Waals surface area (Å²) in [6.07, 6.45) is 7.20. The highest BCUT2D eigenvalue weighted by Gasteiger charge is 2.49. The van der Waals surface area contributed by atoms with E-state index >= 15 is 0 Å². The van der Waals surface area contributed by atoms with Gasteiger partial charge in [-0.15, -0.1) is 0 Å². The van der Waals surface area contributed by atoms with Crippen LogP contribution in [0, 0.1) is 6.92 Å². The Hall–Kier alpha value is -1.64. The van der Waals surface area contributed by atoms with Crippen LogP contribution in [0.2, 0.25) is 0 Å². The Labute approximate surface area is 127 Å². The number of carbonyl (C=O) groups excluding carboxylic acids is 1. The van der Waals surface area contributed by atoms with Crippen LogP contribution < -0.4 is 4.90 Å². The number of amides is 1. The number of nitrogens with zero attached hydrogens (tertiary/aromatic N) is 2. The second-order valence-electron chi connectivity index (χ2n) is 6.35. The van der Waals surface area contributed by atoms with Gasteiger partial charge in [0.15, 0.2) is 0 Å². The molecule has 1 amide bonds. The summed E-state index contributed by atoms with van der Waals surface area (Å²) in [4.78, 5) is 19.8. The molecule has 3 nitrogen and oxygen atoms in total. The second kappa shape index (κ2) is 5.63. The number of aryl methyl sites for hydroxylation is 1. The van der Waals surface area contributed by atoms with Crippen molar-refractivity contribution in [2.45, 2.75) is 64.3 Å². The van der Waals surface area contributed by atoms with E-state index in [4.69, 9.17) is 4.99 Å². The van der Waals surface area contributed by atoms with E-state index in [0.717, 1.165) is 56.5 Å². The summed E-state index contributed by atoms with van der Waals surface area (Å²) in [7, 11) is 0. The van der Waals surface area contributed by atoms with Crippen molar-refractivity contribution in [2.24, 2.45) is 4.99 Å². The lowest BCUT2D eigenvalue weighted by Crippen LogP contribution is -2.41. The molecule has 1 saturated carbocycles. The molecule has 1 aromatic rings. The number of hydrogen-bond acceptors (Lipinski definition) is 2. The van der Waals surface area contributed by atoms with Gasteiger partial charge in [0.2, 0.25) is 0 Å². The zero-order valence-corrected chi connectivity index (χ0v) is 13.1. The fourth-order valence-corrected chi connectivity index (χ4v) is 3.49. The van der Waals surface area contributed by atoms with Gasteiger partial charge < -0.3 is 0 Å². The minimum Gasteiger partial charge on any atom is -0.271 e. The molecule has 1 spiro atoms. The van der Waals surface area contributed by atoms with Crippen molar-refractivity contribution in [3.05, 3.63) is 29.8 Å². The van der Waals surface area contributed by atoms with E-state index < -0.39 is 5.54 Å². The Morgan fingerprint density at radius 1 is 1.29 bits per heavy atom. The first kappa shape index (κ1) is 14.3.